The van der Waals surface area contributed by atoms with Crippen LogP contribution in [0.25, 0.3) is 10.6 Å². The molecule has 1 N–H and O–H groups in total. The molecule has 1 aromatic heterocycles. The number of nitrogens with one attached hydrogen (secondary N) is 1. The molecule has 0 aliphatic rings. The fourth-order valence-electron chi connectivity index (χ4n) is 1.72. The van der Waals surface area contributed by atoms with E-state index in [0.29, 0.717) is 0 Å². The fraction of sp³-hybridized carbons (Fsp3) is 0.429. The number of ether oxygens (including phenoxy) is 1. The molecule has 1 heterocycles. The molecule has 0 amide bonds. The van der Waals surface area contributed by atoms with Crippen LogP contribution in [0.1, 0.15) is 18.4 Å². The lowest BCUT2D eigenvalue weighted by atomic mass is 10.2. The largest absolute Gasteiger partial charge is 0.497 e. The Hall–Kier alpha value is -1.46. The molecule has 0 unspecified atom stereocenters. The second-order valence-corrected chi connectivity index (χ2v) is 5.29. The van der Waals surface area contributed by atoms with Crippen molar-refractivity contribution in [1.82, 2.24) is 15.5 Å². The van der Waals surface area contributed by atoms with Crippen LogP contribution in [0.2, 0.25) is 0 Å². The number of aromatic nitrogens is 2. The van der Waals surface area contributed by atoms with Crippen molar-refractivity contribution >= 4 is 11.3 Å². The van der Waals surface area contributed by atoms with Crippen LogP contribution >= 0.6 is 11.3 Å². The molecular formula is C14H19N3OS. The second kappa shape index (κ2) is 7.21. The Bertz CT molecular complexity index is 513. The van der Waals surface area contributed by atoms with E-state index < -0.39 is 0 Å². The lowest BCUT2D eigenvalue weighted by Gasteiger charge is -2.00. The van der Waals surface area contributed by atoms with E-state index in [0.717, 1.165) is 47.3 Å². The predicted molar refractivity (Wildman–Crippen MR) is 78.8 cm³/mol. The first-order valence-electron chi connectivity index (χ1n) is 6.51. The number of hydrogen-bond acceptors (Lipinski definition) is 5. The van der Waals surface area contributed by atoms with Gasteiger partial charge < -0.3 is 10.1 Å². The molecule has 0 spiro atoms. The highest BCUT2D eigenvalue weighted by molar-refractivity contribution is 7.14. The molecule has 4 nitrogen and oxygen atoms in total. The van der Waals surface area contributed by atoms with E-state index >= 15 is 0 Å². The molecule has 0 bridgehead atoms. The van der Waals surface area contributed by atoms with Gasteiger partial charge in [-0.05, 0) is 25.1 Å². The van der Waals surface area contributed by atoms with E-state index in [2.05, 4.69) is 22.4 Å². The maximum absolute atomic E-state index is 5.22. The minimum atomic E-state index is 0.846. The molecular weight excluding hydrogens is 258 g/mol. The second-order valence-electron chi connectivity index (χ2n) is 4.23. The van der Waals surface area contributed by atoms with Crippen LogP contribution in [0, 0.1) is 0 Å². The Morgan fingerprint density at radius 2 is 2.16 bits per heavy atom. The van der Waals surface area contributed by atoms with Gasteiger partial charge >= 0.3 is 0 Å². The number of nitrogens with zero attached hydrogens (tertiary/aromatic N) is 2. The van der Waals surface area contributed by atoms with E-state index in [1.165, 1.54) is 0 Å². The van der Waals surface area contributed by atoms with Crippen molar-refractivity contribution in [2.45, 2.75) is 19.8 Å². The van der Waals surface area contributed by atoms with Gasteiger partial charge in [0.25, 0.3) is 0 Å². The molecule has 0 aliphatic carbocycles. The van der Waals surface area contributed by atoms with Gasteiger partial charge in [-0.3, -0.25) is 0 Å². The third-order valence-electron chi connectivity index (χ3n) is 2.73. The molecule has 102 valence electrons. The number of rotatable bonds is 7. The van der Waals surface area contributed by atoms with Crippen LogP contribution in [0.15, 0.2) is 24.3 Å². The van der Waals surface area contributed by atoms with E-state index in [1.54, 1.807) is 18.4 Å². The smallest absolute Gasteiger partial charge is 0.147 e. The summed E-state index contributed by atoms with van der Waals surface area (Å²) in [7, 11) is 1.67. The monoisotopic (exact) mass is 277 g/mol. The van der Waals surface area contributed by atoms with Crippen LogP contribution in [-0.4, -0.2) is 30.4 Å². The average Bonchev–Trinajstić information content (AvgIpc) is 2.92. The molecule has 2 rings (SSSR count). The van der Waals surface area contributed by atoms with Gasteiger partial charge in [-0.1, -0.05) is 30.4 Å². The first-order chi connectivity index (χ1) is 9.33. The Labute approximate surface area is 117 Å². The zero-order valence-electron chi connectivity index (χ0n) is 11.3. The summed E-state index contributed by atoms with van der Waals surface area (Å²) in [5.74, 6) is 0.846. The summed E-state index contributed by atoms with van der Waals surface area (Å²) in [6.07, 6.45) is 2.09. The average molecular weight is 277 g/mol. The minimum absolute atomic E-state index is 0.846. The highest BCUT2D eigenvalue weighted by atomic mass is 32.1. The summed E-state index contributed by atoms with van der Waals surface area (Å²) in [5, 5.41) is 13.9. The van der Waals surface area contributed by atoms with Gasteiger partial charge in [-0.15, -0.1) is 10.2 Å². The first-order valence-corrected chi connectivity index (χ1v) is 7.32. The maximum Gasteiger partial charge on any atom is 0.147 e. The Balaban J connectivity index is 1.99. The molecule has 0 saturated heterocycles. The van der Waals surface area contributed by atoms with Gasteiger partial charge in [-0.25, -0.2) is 0 Å². The van der Waals surface area contributed by atoms with Gasteiger partial charge in [0.15, 0.2) is 0 Å². The molecule has 0 fully saturated rings. The Kier molecular flexibility index (Phi) is 5.30. The number of benzene rings is 1. The Morgan fingerprint density at radius 3 is 2.95 bits per heavy atom. The molecule has 5 heteroatoms. The van der Waals surface area contributed by atoms with Gasteiger partial charge in [0.2, 0.25) is 0 Å². The van der Waals surface area contributed by atoms with Crippen molar-refractivity contribution < 1.29 is 4.74 Å². The molecule has 0 saturated carbocycles. The number of methoxy groups -OCH3 is 1. The molecule has 0 atom stereocenters. The van der Waals surface area contributed by atoms with E-state index in [9.17, 15) is 0 Å². The maximum atomic E-state index is 5.22. The van der Waals surface area contributed by atoms with Crippen molar-refractivity contribution in [3.8, 4) is 16.3 Å². The predicted octanol–water partition coefficient (Wildman–Crippen LogP) is 2.76. The minimum Gasteiger partial charge on any atom is -0.497 e. The van der Waals surface area contributed by atoms with Crippen LogP contribution in [0.3, 0.4) is 0 Å². The van der Waals surface area contributed by atoms with Gasteiger partial charge in [-0.2, -0.15) is 0 Å². The van der Waals surface area contributed by atoms with Gasteiger partial charge in [0.1, 0.15) is 15.8 Å². The third kappa shape index (κ3) is 4.01. The van der Waals surface area contributed by atoms with Crippen LogP contribution in [-0.2, 0) is 6.42 Å². The first kappa shape index (κ1) is 14.0. The van der Waals surface area contributed by atoms with E-state index in [-0.39, 0.29) is 0 Å². The molecule has 19 heavy (non-hydrogen) atoms. The Morgan fingerprint density at radius 1 is 1.26 bits per heavy atom. The van der Waals surface area contributed by atoms with E-state index in [1.807, 2.05) is 24.3 Å². The summed E-state index contributed by atoms with van der Waals surface area (Å²) < 4.78 is 5.22. The highest BCUT2D eigenvalue weighted by Crippen LogP contribution is 2.26. The fourth-order valence-corrected chi connectivity index (χ4v) is 2.56. The van der Waals surface area contributed by atoms with Gasteiger partial charge in [0, 0.05) is 18.5 Å². The lowest BCUT2D eigenvalue weighted by Crippen LogP contribution is -2.17. The zero-order chi connectivity index (χ0) is 13.5. The van der Waals surface area contributed by atoms with Crippen LogP contribution in [0.5, 0.6) is 5.75 Å². The van der Waals surface area contributed by atoms with E-state index in [4.69, 9.17) is 4.74 Å². The zero-order valence-corrected chi connectivity index (χ0v) is 12.2. The summed E-state index contributed by atoms with van der Waals surface area (Å²) in [4.78, 5) is 0. The topological polar surface area (TPSA) is 47.0 Å². The molecule has 0 radical (unpaired) electrons. The van der Waals surface area contributed by atoms with Crippen molar-refractivity contribution in [2.75, 3.05) is 20.2 Å². The van der Waals surface area contributed by atoms with Crippen LogP contribution in [0.4, 0.5) is 0 Å². The standard InChI is InChI=1S/C14H19N3OS/c1-3-8-15-9-7-13-16-17-14(19-13)11-5-4-6-12(10-11)18-2/h4-6,10,15H,3,7-9H2,1-2H3. The van der Waals surface area contributed by atoms with Crippen molar-refractivity contribution in [2.24, 2.45) is 0 Å². The number of hydrogen-bond donors (Lipinski definition) is 1. The SMILES string of the molecule is CCCNCCc1nnc(-c2cccc(OC)c2)s1. The molecule has 2 aromatic rings. The normalized spacial score (nSPS) is 10.6. The van der Waals surface area contributed by atoms with Crippen LogP contribution < -0.4 is 10.1 Å². The lowest BCUT2D eigenvalue weighted by molar-refractivity contribution is 0.415. The summed E-state index contributed by atoms with van der Waals surface area (Å²) in [6, 6.07) is 7.92. The van der Waals surface area contributed by atoms with Crippen molar-refractivity contribution in [3.05, 3.63) is 29.3 Å². The third-order valence-corrected chi connectivity index (χ3v) is 3.76. The summed E-state index contributed by atoms with van der Waals surface area (Å²) in [6.45, 7) is 4.18. The van der Waals surface area contributed by atoms with Crippen molar-refractivity contribution in [3.63, 3.8) is 0 Å². The molecule has 1 aromatic carbocycles. The summed E-state index contributed by atoms with van der Waals surface area (Å²) >= 11 is 1.65. The highest BCUT2D eigenvalue weighted by Gasteiger charge is 2.07. The summed E-state index contributed by atoms with van der Waals surface area (Å²) in [5.41, 5.74) is 1.06. The van der Waals surface area contributed by atoms with Crippen molar-refractivity contribution in [1.29, 1.82) is 0 Å². The van der Waals surface area contributed by atoms with Gasteiger partial charge in [0.05, 0.1) is 7.11 Å². The quantitative estimate of drug-likeness (QED) is 0.791. The molecule has 0 aliphatic heterocycles.